The molecular formula is C17H14N4. The van der Waals surface area contributed by atoms with E-state index in [-0.39, 0.29) is 0 Å². The summed E-state index contributed by atoms with van der Waals surface area (Å²) >= 11 is 0. The van der Waals surface area contributed by atoms with Crippen molar-refractivity contribution in [3.05, 3.63) is 60.7 Å². The van der Waals surface area contributed by atoms with Gasteiger partial charge in [0.25, 0.3) is 0 Å². The number of nitrogen functional groups attached to an aromatic ring is 1. The second-order valence-corrected chi connectivity index (χ2v) is 5.18. The average Bonchev–Trinajstić information content (AvgIpc) is 2.95. The maximum atomic E-state index is 6.03. The number of benzene rings is 1. The van der Waals surface area contributed by atoms with Gasteiger partial charge in [-0.15, -0.1) is 0 Å². The summed E-state index contributed by atoms with van der Waals surface area (Å²) in [6.45, 7) is 2.08. The Kier molecular flexibility index (Phi) is 2.44. The quantitative estimate of drug-likeness (QED) is 0.541. The molecule has 0 atom stereocenters. The Morgan fingerprint density at radius 2 is 1.95 bits per heavy atom. The molecule has 0 radical (unpaired) electrons. The minimum absolute atomic E-state index is 0.758. The van der Waals surface area contributed by atoms with Gasteiger partial charge in [0, 0.05) is 35.1 Å². The van der Waals surface area contributed by atoms with Crippen LogP contribution >= 0.6 is 0 Å². The van der Waals surface area contributed by atoms with Crippen LogP contribution in [-0.2, 0) is 0 Å². The summed E-state index contributed by atoms with van der Waals surface area (Å²) in [5.74, 6) is 0.874. The fourth-order valence-corrected chi connectivity index (χ4v) is 2.70. The number of aryl methyl sites for hydroxylation is 1. The number of nitrogens with zero attached hydrogens (tertiary/aromatic N) is 3. The van der Waals surface area contributed by atoms with Crippen molar-refractivity contribution in [1.82, 2.24) is 14.5 Å². The standard InChI is InChI=1S/C17H14N4/c1-11-2-3-15(18)14-9-20-17(8-13(11)14)21-7-5-12-4-6-19-10-16(12)21/h2-10H,18H2,1H3. The lowest BCUT2D eigenvalue weighted by Crippen LogP contribution is -1.97. The van der Waals surface area contributed by atoms with Crippen LogP contribution in [0, 0.1) is 6.92 Å². The van der Waals surface area contributed by atoms with Crippen LogP contribution in [0.5, 0.6) is 0 Å². The number of fused-ring (bicyclic) bond motifs is 2. The number of anilines is 1. The van der Waals surface area contributed by atoms with Crippen molar-refractivity contribution in [2.75, 3.05) is 5.73 Å². The van der Waals surface area contributed by atoms with Gasteiger partial charge in [-0.3, -0.25) is 9.55 Å². The molecular weight excluding hydrogens is 260 g/mol. The fraction of sp³-hybridized carbons (Fsp3) is 0.0588. The molecule has 0 aliphatic carbocycles. The Bertz CT molecular complexity index is 969. The first-order chi connectivity index (χ1) is 10.2. The molecule has 4 aromatic rings. The van der Waals surface area contributed by atoms with E-state index in [0.29, 0.717) is 0 Å². The summed E-state index contributed by atoms with van der Waals surface area (Å²) in [6, 6.07) is 10.1. The summed E-state index contributed by atoms with van der Waals surface area (Å²) in [6.07, 6.45) is 7.51. The van der Waals surface area contributed by atoms with Crippen LogP contribution in [0.25, 0.3) is 27.5 Å². The summed E-state index contributed by atoms with van der Waals surface area (Å²) in [4.78, 5) is 8.75. The molecule has 0 amide bonds. The molecule has 2 N–H and O–H groups in total. The lowest BCUT2D eigenvalue weighted by atomic mass is 10.1. The van der Waals surface area contributed by atoms with Gasteiger partial charge in [0.15, 0.2) is 0 Å². The molecule has 3 aromatic heterocycles. The predicted octanol–water partition coefficient (Wildman–Crippen LogP) is 3.46. The first kappa shape index (κ1) is 11.9. The third-order valence-corrected chi connectivity index (χ3v) is 3.88. The highest BCUT2D eigenvalue weighted by molar-refractivity contribution is 5.95. The highest BCUT2D eigenvalue weighted by Crippen LogP contribution is 2.26. The molecule has 0 bridgehead atoms. The molecule has 3 heterocycles. The fourth-order valence-electron chi connectivity index (χ4n) is 2.70. The van der Waals surface area contributed by atoms with Crippen molar-refractivity contribution < 1.29 is 0 Å². The molecule has 0 aliphatic heterocycles. The second kappa shape index (κ2) is 4.31. The Morgan fingerprint density at radius 3 is 2.86 bits per heavy atom. The zero-order valence-electron chi connectivity index (χ0n) is 11.6. The summed E-state index contributed by atoms with van der Waals surface area (Å²) in [5.41, 5.74) is 9.02. The number of rotatable bonds is 1. The molecule has 1 aromatic carbocycles. The van der Waals surface area contributed by atoms with Crippen molar-refractivity contribution >= 4 is 27.4 Å². The minimum Gasteiger partial charge on any atom is -0.398 e. The molecule has 0 aliphatic rings. The summed E-state index contributed by atoms with van der Waals surface area (Å²) < 4.78 is 2.05. The molecule has 0 fully saturated rings. The van der Waals surface area contributed by atoms with Gasteiger partial charge >= 0.3 is 0 Å². The molecule has 102 valence electrons. The number of hydrogen-bond acceptors (Lipinski definition) is 3. The first-order valence-corrected chi connectivity index (χ1v) is 6.80. The van der Waals surface area contributed by atoms with E-state index in [1.54, 1.807) is 6.20 Å². The van der Waals surface area contributed by atoms with Gasteiger partial charge in [0.2, 0.25) is 0 Å². The maximum Gasteiger partial charge on any atom is 0.137 e. The molecule has 0 saturated carbocycles. The van der Waals surface area contributed by atoms with Gasteiger partial charge in [-0.25, -0.2) is 4.98 Å². The number of pyridine rings is 2. The van der Waals surface area contributed by atoms with Crippen LogP contribution < -0.4 is 5.73 Å². The number of hydrogen-bond donors (Lipinski definition) is 1. The topological polar surface area (TPSA) is 56.7 Å². The second-order valence-electron chi connectivity index (χ2n) is 5.18. The molecule has 4 nitrogen and oxygen atoms in total. The lowest BCUT2D eigenvalue weighted by molar-refractivity contribution is 1.05. The van der Waals surface area contributed by atoms with Crippen LogP contribution in [0.1, 0.15) is 5.56 Å². The van der Waals surface area contributed by atoms with E-state index < -0.39 is 0 Å². The third kappa shape index (κ3) is 1.76. The zero-order valence-corrected chi connectivity index (χ0v) is 11.6. The molecule has 21 heavy (non-hydrogen) atoms. The van der Waals surface area contributed by atoms with E-state index in [1.165, 1.54) is 5.56 Å². The summed E-state index contributed by atoms with van der Waals surface area (Å²) in [5, 5.41) is 3.27. The van der Waals surface area contributed by atoms with Gasteiger partial charge in [-0.05, 0) is 42.1 Å². The van der Waals surface area contributed by atoms with E-state index in [0.717, 1.165) is 33.2 Å². The van der Waals surface area contributed by atoms with Crippen molar-refractivity contribution in [2.24, 2.45) is 0 Å². The van der Waals surface area contributed by atoms with Crippen molar-refractivity contribution in [1.29, 1.82) is 0 Å². The highest BCUT2D eigenvalue weighted by atomic mass is 15.1. The van der Waals surface area contributed by atoms with E-state index in [4.69, 9.17) is 5.73 Å². The summed E-state index contributed by atoms with van der Waals surface area (Å²) in [7, 11) is 0. The highest BCUT2D eigenvalue weighted by Gasteiger charge is 2.07. The third-order valence-electron chi connectivity index (χ3n) is 3.88. The van der Waals surface area contributed by atoms with Gasteiger partial charge in [0.05, 0.1) is 11.7 Å². The van der Waals surface area contributed by atoms with Crippen LogP contribution in [0.4, 0.5) is 5.69 Å². The van der Waals surface area contributed by atoms with Crippen LogP contribution in [-0.4, -0.2) is 14.5 Å². The van der Waals surface area contributed by atoms with E-state index in [2.05, 4.69) is 29.0 Å². The normalized spacial score (nSPS) is 11.3. The van der Waals surface area contributed by atoms with E-state index in [1.807, 2.05) is 41.4 Å². The Morgan fingerprint density at radius 1 is 1.05 bits per heavy atom. The van der Waals surface area contributed by atoms with Gasteiger partial charge < -0.3 is 5.73 Å². The number of nitrogens with two attached hydrogens (primary N) is 1. The molecule has 4 rings (SSSR count). The maximum absolute atomic E-state index is 6.03. The molecule has 0 spiro atoms. The molecule has 0 saturated heterocycles. The largest absolute Gasteiger partial charge is 0.398 e. The first-order valence-electron chi connectivity index (χ1n) is 6.80. The molecule has 0 unspecified atom stereocenters. The smallest absolute Gasteiger partial charge is 0.137 e. The van der Waals surface area contributed by atoms with Crippen LogP contribution in [0.2, 0.25) is 0 Å². The Hall–Kier alpha value is -2.88. The van der Waals surface area contributed by atoms with Gasteiger partial charge in [0.1, 0.15) is 5.82 Å². The number of aromatic nitrogens is 3. The van der Waals surface area contributed by atoms with E-state index in [9.17, 15) is 0 Å². The predicted molar refractivity (Wildman–Crippen MR) is 85.5 cm³/mol. The van der Waals surface area contributed by atoms with Crippen molar-refractivity contribution in [2.45, 2.75) is 6.92 Å². The van der Waals surface area contributed by atoms with Crippen LogP contribution in [0.15, 0.2) is 55.1 Å². The minimum atomic E-state index is 0.758. The van der Waals surface area contributed by atoms with Crippen LogP contribution in [0.3, 0.4) is 0 Å². The van der Waals surface area contributed by atoms with E-state index >= 15 is 0 Å². The van der Waals surface area contributed by atoms with Crippen molar-refractivity contribution in [3.63, 3.8) is 0 Å². The van der Waals surface area contributed by atoms with Gasteiger partial charge in [-0.2, -0.15) is 0 Å². The Balaban J connectivity index is 2.01. The van der Waals surface area contributed by atoms with Gasteiger partial charge in [-0.1, -0.05) is 6.07 Å². The monoisotopic (exact) mass is 274 g/mol. The van der Waals surface area contributed by atoms with Crippen molar-refractivity contribution in [3.8, 4) is 5.82 Å². The Labute approximate surface area is 121 Å². The lowest BCUT2D eigenvalue weighted by Gasteiger charge is -2.09. The SMILES string of the molecule is Cc1ccc(N)c2cnc(-n3ccc4ccncc43)cc12. The molecule has 4 heteroatoms. The zero-order chi connectivity index (χ0) is 14.4. The average molecular weight is 274 g/mol.